The van der Waals surface area contributed by atoms with E-state index >= 15 is 0 Å². The van der Waals surface area contributed by atoms with Gasteiger partial charge in [-0.1, -0.05) is 0 Å². The maximum atomic E-state index is 4.41. The highest BCUT2D eigenvalue weighted by molar-refractivity contribution is 5.08. The standard InChI is InChI=1S/C15H21N5/c1-2-20-12-17-8-14(20)10-19-7-3-4-13(9-19)15-5-6-16-11-18-15/h5-6,8,11-13H,2-4,7,9-10H2,1H3. The third-order valence-corrected chi connectivity index (χ3v) is 4.05. The van der Waals surface area contributed by atoms with Crippen molar-refractivity contribution >= 4 is 0 Å². The lowest BCUT2D eigenvalue weighted by atomic mass is 9.94. The molecule has 0 amide bonds. The van der Waals surface area contributed by atoms with Crippen molar-refractivity contribution in [2.45, 2.75) is 38.8 Å². The number of likely N-dealkylation sites (tertiary alicyclic amines) is 1. The first-order valence-corrected chi connectivity index (χ1v) is 7.34. The zero-order valence-electron chi connectivity index (χ0n) is 11.9. The minimum Gasteiger partial charge on any atom is -0.334 e. The van der Waals surface area contributed by atoms with Crippen LogP contribution in [0, 0.1) is 0 Å². The van der Waals surface area contributed by atoms with E-state index in [1.165, 1.54) is 24.2 Å². The minimum absolute atomic E-state index is 0.532. The molecule has 1 aliphatic heterocycles. The number of hydrogen-bond donors (Lipinski definition) is 0. The van der Waals surface area contributed by atoms with Gasteiger partial charge in [-0.3, -0.25) is 4.90 Å². The van der Waals surface area contributed by atoms with Crippen LogP contribution < -0.4 is 0 Å². The number of imidazole rings is 1. The lowest BCUT2D eigenvalue weighted by Gasteiger charge is -2.32. The van der Waals surface area contributed by atoms with Crippen molar-refractivity contribution in [1.29, 1.82) is 0 Å². The molecule has 0 saturated carbocycles. The van der Waals surface area contributed by atoms with Crippen molar-refractivity contribution in [3.8, 4) is 0 Å². The number of nitrogens with zero attached hydrogens (tertiary/aromatic N) is 5. The van der Waals surface area contributed by atoms with Crippen molar-refractivity contribution < 1.29 is 0 Å². The Balaban J connectivity index is 1.67. The highest BCUT2D eigenvalue weighted by Gasteiger charge is 2.22. The average Bonchev–Trinajstić information content (AvgIpc) is 2.96. The molecule has 1 aliphatic rings. The van der Waals surface area contributed by atoms with Crippen molar-refractivity contribution in [3.05, 3.63) is 42.5 Å². The van der Waals surface area contributed by atoms with Crippen LogP contribution in [0.25, 0.3) is 0 Å². The normalized spacial score (nSPS) is 20.1. The van der Waals surface area contributed by atoms with Gasteiger partial charge in [0.15, 0.2) is 0 Å². The van der Waals surface area contributed by atoms with Crippen molar-refractivity contribution in [2.75, 3.05) is 13.1 Å². The van der Waals surface area contributed by atoms with Gasteiger partial charge in [0.1, 0.15) is 6.33 Å². The van der Waals surface area contributed by atoms with E-state index in [4.69, 9.17) is 0 Å². The van der Waals surface area contributed by atoms with Gasteiger partial charge in [0.25, 0.3) is 0 Å². The number of piperidine rings is 1. The van der Waals surface area contributed by atoms with Gasteiger partial charge in [0, 0.05) is 43.6 Å². The molecule has 2 aromatic rings. The molecule has 5 heteroatoms. The average molecular weight is 271 g/mol. The summed E-state index contributed by atoms with van der Waals surface area (Å²) in [7, 11) is 0. The molecule has 0 radical (unpaired) electrons. The summed E-state index contributed by atoms with van der Waals surface area (Å²) in [5.41, 5.74) is 2.48. The Hall–Kier alpha value is -1.75. The Morgan fingerprint density at radius 1 is 1.35 bits per heavy atom. The zero-order valence-corrected chi connectivity index (χ0v) is 11.9. The monoisotopic (exact) mass is 271 g/mol. The fourth-order valence-electron chi connectivity index (χ4n) is 2.98. The summed E-state index contributed by atoms with van der Waals surface area (Å²) in [4.78, 5) is 15.2. The van der Waals surface area contributed by atoms with Gasteiger partial charge < -0.3 is 4.57 Å². The third-order valence-electron chi connectivity index (χ3n) is 4.05. The maximum absolute atomic E-state index is 4.41. The van der Waals surface area contributed by atoms with Crippen LogP contribution in [-0.2, 0) is 13.1 Å². The van der Waals surface area contributed by atoms with Gasteiger partial charge >= 0.3 is 0 Å². The van der Waals surface area contributed by atoms with Gasteiger partial charge in [0.05, 0.1) is 12.0 Å². The molecule has 1 fully saturated rings. The molecule has 2 aromatic heterocycles. The fraction of sp³-hybridized carbons (Fsp3) is 0.533. The summed E-state index contributed by atoms with van der Waals surface area (Å²) in [6.45, 7) is 6.36. The molecule has 0 spiro atoms. The van der Waals surface area contributed by atoms with Crippen molar-refractivity contribution in [3.63, 3.8) is 0 Å². The second kappa shape index (κ2) is 6.13. The molecule has 1 atom stereocenters. The lowest BCUT2D eigenvalue weighted by Crippen LogP contribution is -2.34. The molecule has 0 aliphatic carbocycles. The van der Waals surface area contributed by atoms with Crippen LogP contribution in [0.15, 0.2) is 31.1 Å². The van der Waals surface area contributed by atoms with Gasteiger partial charge in [0.2, 0.25) is 0 Å². The second-order valence-corrected chi connectivity index (χ2v) is 5.38. The first kappa shape index (κ1) is 13.2. The fourth-order valence-corrected chi connectivity index (χ4v) is 2.98. The predicted molar refractivity (Wildman–Crippen MR) is 77.2 cm³/mol. The quantitative estimate of drug-likeness (QED) is 0.854. The highest BCUT2D eigenvalue weighted by atomic mass is 15.2. The van der Waals surface area contributed by atoms with E-state index in [2.05, 4.69) is 31.3 Å². The third kappa shape index (κ3) is 2.88. The van der Waals surface area contributed by atoms with Crippen LogP contribution >= 0.6 is 0 Å². The second-order valence-electron chi connectivity index (χ2n) is 5.38. The first-order chi connectivity index (χ1) is 9.86. The van der Waals surface area contributed by atoms with Gasteiger partial charge in [-0.05, 0) is 32.4 Å². The minimum atomic E-state index is 0.532. The Morgan fingerprint density at radius 3 is 3.10 bits per heavy atom. The number of rotatable bonds is 4. The molecule has 3 rings (SSSR count). The number of hydrogen-bond acceptors (Lipinski definition) is 4. The van der Waals surface area contributed by atoms with Crippen molar-refractivity contribution in [2.24, 2.45) is 0 Å². The first-order valence-electron chi connectivity index (χ1n) is 7.34. The Kier molecular flexibility index (Phi) is 4.06. The van der Waals surface area contributed by atoms with E-state index in [1.807, 2.05) is 24.8 Å². The number of aromatic nitrogens is 4. The summed E-state index contributed by atoms with van der Waals surface area (Å²) in [5.74, 6) is 0.532. The summed E-state index contributed by atoms with van der Waals surface area (Å²) >= 11 is 0. The molecule has 1 unspecified atom stereocenters. The molecule has 106 valence electrons. The lowest BCUT2D eigenvalue weighted by molar-refractivity contribution is 0.194. The van der Waals surface area contributed by atoms with Crippen LogP contribution in [0.1, 0.15) is 37.1 Å². The summed E-state index contributed by atoms with van der Waals surface area (Å²) < 4.78 is 2.22. The van der Waals surface area contributed by atoms with Crippen LogP contribution in [0.3, 0.4) is 0 Å². The van der Waals surface area contributed by atoms with Crippen LogP contribution in [-0.4, -0.2) is 37.5 Å². The van der Waals surface area contributed by atoms with Gasteiger partial charge in [-0.25, -0.2) is 15.0 Å². The van der Waals surface area contributed by atoms with E-state index in [0.29, 0.717) is 5.92 Å². The summed E-state index contributed by atoms with van der Waals surface area (Å²) in [6.07, 6.45) is 9.85. The molecule has 1 saturated heterocycles. The van der Waals surface area contributed by atoms with Gasteiger partial charge in [-0.2, -0.15) is 0 Å². The van der Waals surface area contributed by atoms with Gasteiger partial charge in [-0.15, -0.1) is 0 Å². The summed E-state index contributed by atoms with van der Waals surface area (Å²) in [6, 6.07) is 2.05. The van der Waals surface area contributed by atoms with Crippen LogP contribution in [0.2, 0.25) is 0 Å². The molecule has 0 aromatic carbocycles. The van der Waals surface area contributed by atoms with E-state index in [1.54, 1.807) is 6.33 Å². The van der Waals surface area contributed by atoms with Crippen LogP contribution in [0.5, 0.6) is 0 Å². The Bertz CT molecular complexity index is 536. The zero-order chi connectivity index (χ0) is 13.8. The smallest absolute Gasteiger partial charge is 0.115 e. The SMILES string of the molecule is CCn1cncc1CN1CCCC(c2ccncn2)C1. The molecule has 20 heavy (non-hydrogen) atoms. The Labute approximate surface area is 119 Å². The highest BCUT2D eigenvalue weighted by Crippen LogP contribution is 2.25. The molecule has 5 nitrogen and oxygen atoms in total. The molecular formula is C15H21N5. The van der Waals surface area contributed by atoms with E-state index < -0.39 is 0 Å². The molecule has 0 N–H and O–H groups in total. The molecule has 3 heterocycles. The molecular weight excluding hydrogens is 250 g/mol. The molecule has 0 bridgehead atoms. The Morgan fingerprint density at radius 2 is 2.30 bits per heavy atom. The maximum Gasteiger partial charge on any atom is 0.115 e. The van der Waals surface area contributed by atoms with Crippen LogP contribution in [0.4, 0.5) is 0 Å². The largest absolute Gasteiger partial charge is 0.334 e. The predicted octanol–water partition coefficient (Wildman–Crippen LogP) is 2.07. The van der Waals surface area contributed by atoms with E-state index in [9.17, 15) is 0 Å². The van der Waals surface area contributed by atoms with Crippen molar-refractivity contribution in [1.82, 2.24) is 24.4 Å². The number of aryl methyl sites for hydroxylation is 1. The topological polar surface area (TPSA) is 46.8 Å². The van der Waals surface area contributed by atoms with E-state index in [-0.39, 0.29) is 0 Å². The van der Waals surface area contributed by atoms with E-state index in [0.717, 1.165) is 26.2 Å². The summed E-state index contributed by atoms with van der Waals surface area (Å²) in [5, 5.41) is 0.